The van der Waals surface area contributed by atoms with Crippen molar-refractivity contribution in [3.8, 4) is 6.07 Å². The number of hydrogen-bond acceptors (Lipinski definition) is 5. The van der Waals surface area contributed by atoms with Crippen molar-refractivity contribution in [3.05, 3.63) is 23.9 Å². The third-order valence-corrected chi connectivity index (χ3v) is 3.17. The predicted molar refractivity (Wildman–Crippen MR) is 69.3 cm³/mol. The van der Waals surface area contributed by atoms with Crippen molar-refractivity contribution in [1.29, 1.82) is 5.26 Å². The lowest BCUT2D eigenvalue weighted by Crippen LogP contribution is -2.39. The first-order valence-electron chi connectivity index (χ1n) is 6.29. The second-order valence-electron chi connectivity index (χ2n) is 4.48. The van der Waals surface area contributed by atoms with E-state index in [1.807, 2.05) is 4.90 Å². The quantitative estimate of drug-likeness (QED) is 0.791. The van der Waals surface area contributed by atoms with Gasteiger partial charge in [0.05, 0.1) is 18.2 Å². The van der Waals surface area contributed by atoms with Gasteiger partial charge in [-0.3, -0.25) is 0 Å². The number of aliphatic hydroxyl groups is 1. The minimum Gasteiger partial charge on any atom is -0.395 e. The number of nitriles is 1. The molecule has 1 aromatic rings. The molecule has 2 heterocycles. The van der Waals surface area contributed by atoms with Crippen molar-refractivity contribution in [1.82, 2.24) is 10.3 Å². The van der Waals surface area contributed by atoms with Crippen molar-refractivity contribution in [2.24, 2.45) is 0 Å². The Morgan fingerprint density at radius 2 is 2.50 bits per heavy atom. The Bertz CT molecular complexity index is 423. The van der Waals surface area contributed by atoms with Gasteiger partial charge in [0.15, 0.2) is 0 Å². The molecule has 0 aromatic carbocycles. The Labute approximate surface area is 107 Å². The smallest absolute Gasteiger partial charge is 0.129 e. The summed E-state index contributed by atoms with van der Waals surface area (Å²) in [6, 6.07) is 6.02. The summed E-state index contributed by atoms with van der Waals surface area (Å²) >= 11 is 0. The van der Waals surface area contributed by atoms with Gasteiger partial charge in [0.25, 0.3) is 0 Å². The summed E-state index contributed by atoms with van der Waals surface area (Å²) in [6.07, 6.45) is 3.99. The van der Waals surface area contributed by atoms with Crippen LogP contribution in [0.15, 0.2) is 18.3 Å². The van der Waals surface area contributed by atoms with Crippen LogP contribution in [0.2, 0.25) is 0 Å². The number of nitrogens with one attached hydrogen (secondary N) is 1. The van der Waals surface area contributed by atoms with Crippen molar-refractivity contribution in [2.45, 2.75) is 18.9 Å². The van der Waals surface area contributed by atoms with Crippen molar-refractivity contribution >= 4 is 5.82 Å². The highest BCUT2D eigenvalue weighted by molar-refractivity contribution is 5.45. The molecular formula is C13H18N4O. The van der Waals surface area contributed by atoms with Gasteiger partial charge in [0.1, 0.15) is 5.82 Å². The zero-order valence-corrected chi connectivity index (χ0v) is 10.3. The molecule has 96 valence electrons. The van der Waals surface area contributed by atoms with E-state index in [0.717, 1.165) is 25.3 Å². The van der Waals surface area contributed by atoms with Crippen LogP contribution in [0.1, 0.15) is 18.4 Å². The molecule has 0 bridgehead atoms. The third-order valence-electron chi connectivity index (χ3n) is 3.17. The molecule has 0 aliphatic carbocycles. The summed E-state index contributed by atoms with van der Waals surface area (Å²) in [6.45, 7) is 2.51. The molecule has 1 aliphatic rings. The third kappa shape index (κ3) is 3.19. The lowest BCUT2D eigenvalue weighted by atomic mass is 10.2. The first-order chi connectivity index (χ1) is 8.83. The van der Waals surface area contributed by atoms with E-state index in [2.05, 4.69) is 16.4 Å². The second-order valence-corrected chi connectivity index (χ2v) is 4.48. The van der Waals surface area contributed by atoms with E-state index in [4.69, 9.17) is 10.4 Å². The Kier molecular flexibility index (Phi) is 4.51. The SMILES string of the molecule is N#Cc1ccnc(N(CCO)CC2CCCN2)c1. The van der Waals surface area contributed by atoms with Crippen LogP contribution in [-0.2, 0) is 0 Å². The van der Waals surface area contributed by atoms with E-state index < -0.39 is 0 Å². The predicted octanol–water partition coefficient (Wildman–Crippen LogP) is 0.504. The Hall–Kier alpha value is -1.64. The number of pyridine rings is 1. The molecule has 1 atom stereocenters. The van der Waals surface area contributed by atoms with E-state index >= 15 is 0 Å². The van der Waals surface area contributed by atoms with Crippen LogP contribution in [0.4, 0.5) is 5.82 Å². The maximum Gasteiger partial charge on any atom is 0.129 e. The average Bonchev–Trinajstić information content (AvgIpc) is 2.91. The largest absolute Gasteiger partial charge is 0.395 e. The van der Waals surface area contributed by atoms with Gasteiger partial charge in [0, 0.05) is 25.3 Å². The zero-order valence-electron chi connectivity index (χ0n) is 10.3. The Balaban J connectivity index is 2.09. The summed E-state index contributed by atoms with van der Waals surface area (Å²) in [5.41, 5.74) is 0.599. The molecule has 0 radical (unpaired) electrons. The van der Waals surface area contributed by atoms with Crippen LogP contribution in [0.3, 0.4) is 0 Å². The molecular weight excluding hydrogens is 228 g/mol. The molecule has 1 unspecified atom stereocenters. The second kappa shape index (κ2) is 6.34. The number of hydrogen-bond donors (Lipinski definition) is 2. The number of nitrogens with zero attached hydrogens (tertiary/aromatic N) is 3. The highest BCUT2D eigenvalue weighted by Gasteiger charge is 2.18. The molecule has 1 saturated heterocycles. The molecule has 0 amide bonds. The first-order valence-corrected chi connectivity index (χ1v) is 6.29. The summed E-state index contributed by atoms with van der Waals surface area (Å²) in [7, 11) is 0. The monoisotopic (exact) mass is 246 g/mol. The van der Waals surface area contributed by atoms with E-state index in [-0.39, 0.29) is 6.61 Å². The summed E-state index contributed by atoms with van der Waals surface area (Å²) in [5, 5.41) is 21.5. The number of anilines is 1. The van der Waals surface area contributed by atoms with Crippen LogP contribution < -0.4 is 10.2 Å². The van der Waals surface area contributed by atoms with Gasteiger partial charge in [0.2, 0.25) is 0 Å². The normalized spacial score (nSPS) is 18.6. The zero-order chi connectivity index (χ0) is 12.8. The molecule has 0 saturated carbocycles. The van der Waals surface area contributed by atoms with Crippen LogP contribution in [0, 0.1) is 11.3 Å². The molecule has 2 rings (SSSR count). The lowest BCUT2D eigenvalue weighted by Gasteiger charge is -2.26. The number of aliphatic hydroxyl groups excluding tert-OH is 1. The molecule has 0 spiro atoms. The standard InChI is InChI=1S/C13H18N4O/c14-9-11-3-5-16-13(8-11)17(6-7-18)10-12-2-1-4-15-12/h3,5,8,12,15,18H,1-2,4,6-7,10H2. The molecule has 5 nitrogen and oxygen atoms in total. The Morgan fingerprint density at radius 3 is 3.17 bits per heavy atom. The van der Waals surface area contributed by atoms with Gasteiger partial charge >= 0.3 is 0 Å². The number of aromatic nitrogens is 1. The summed E-state index contributed by atoms with van der Waals surface area (Å²) in [4.78, 5) is 6.32. The van der Waals surface area contributed by atoms with Crippen LogP contribution >= 0.6 is 0 Å². The van der Waals surface area contributed by atoms with Crippen LogP contribution in [-0.4, -0.2) is 42.4 Å². The average molecular weight is 246 g/mol. The minimum absolute atomic E-state index is 0.0885. The molecule has 5 heteroatoms. The topological polar surface area (TPSA) is 72.2 Å². The van der Waals surface area contributed by atoms with Crippen molar-refractivity contribution in [3.63, 3.8) is 0 Å². The van der Waals surface area contributed by atoms with Gasteiger partial charge in [-0.1, -0.05) is 0 Å². The highest BCUT2D eigenvalue weighted by Crippen LogP contribution is 2.15. The van der Waals surface area contributed by atoms with Gasteiger partial charge in [-0.2, -0.15) is 5.26 Å². The fourth-order valence-corrected chi connectivity index (χ4v) is 2.26. The van der Waals surface area contributed by atoms with Crippen molar-refractivity contribution in [2.75, 3.05) is 31.1 Å². The first kappa shape index (κ1) is 12.8. The van der Waals surface area contributed by atoms with E-state index in [9.17, 15) is 0 Å². The van der Waals surface area contributed by atoms with Crippen molar-refractivity contribution < 1.29 is 5.11 Å². The maximum atomic E-state index is 9.14. The number of rotatable bonds is 5. The fraction of sp³-hybridized carbons (Fsp3) is 0.538. The minimum atomic E-state index is 0.0885. The van der Waals surface area contributed by atoms with Gasteiger partial charge in [-0.25, -0.2) is 4.98 Å². The summed E-state index contributed by atoms with van der Waals surface area (Å²) < 4.78 is 0. The van der Waals surface area contributed by atoms with E-state index in [1.54, 1.807) is 18.3 Å². The van der Waals surface area contributed by atoms with Crippen LogP contribution in [0.25, 0.3) is 0 Å². The summed E-state index contributed by atoms with van der Waals surface area (Å²) in [5.74, 6) is 0.761. The van der Waals surface area contributed by atoms with Gasteiger partial charge in [-0.15, -0.1) is 0 Å². The molecule has 1 fully saturated rings. The molecule has 1 aromatic heterocycles. The molecule has 2 N–H and O–H groups in total. The van der Waals surface area contributed by atoms with Gasteiger partial charge in [-0.05, 0) is 31.5 Å². The lowest BCUT2D eigenvalue weighted by molar-refractivity contribution is 0.300. The molecule has 1 aliphatic heterocycles. The van der Waals surface area contributed by atoms with Gasteiger partial charge < -0.3 is 15.3 Å². The fourth-order valence-electron chi connectivity index (χ4n) is 2.26. The van der Waals surface area contributed by atoms with E-state index in [1.165, 1.54) is 6.42 Å². The molecule has 18 heavy (non-hydrogen) atoms. The van der Waals surface area contributed by atoms with E-state index in [0.29, 0.717) is 18.2 Å². The Morgan fingerprint density at radius 1 is 1.61 bits per heavy atom. The highest BCUT2D eigenvalue weighted by atomic mass is 16.3. The maximum absolute atomic E-state index is 9.14. The van der Waals surface area contributed by atoms with Crippen LogP contribution in [0.5, 0.6) is 0 Å².